The van der Waals surface area contributed by atoms with Gasteiger partial charge in [-0.25, -0.2) is 4.79 Å². The molecule has 9 heteroatoms. The molecule has 3 amide bonds. The van der Waals surface area contributed by atoms with Gasteiger partial charge in [-0.05, 0) is 58.2 Å². The van der Waals surface area contributed by atoms with Crippen LogP contribution in [0.15, 0.2) is 24.3 Å². The molecule has 0 radical (unpaired) electrons. The average molecular weight is 461 g/mol. The van der Waals surface area contributed by atoms with Gasteiger partial charge in [0.05, 0.1) is 6.07 Å². The van der Waals surface area contributed by atoms with Gasteiger partial charge in [0, 0.05) is 6.04 Å². The number of nitriles is 1. The molecular weight excluding hydrogens is 424 g/mol. The lowest BCUT2D eigenvalue weighted by atomic mass is 9.95. The van der Waals surface area contributed by atoms with Gasteiger partial charge in [-0.3, -0.25) is 9.59 Å². The Morgan fingerprint density at radius 1 is 1.12 bits per heavy atom. The van der Waals surface area contributed by atoms with E-state index < -0.39 is 35.6 Å². The minimum absolute atomic E-state index is 0.00371. The van der Waals surface area contributed by atoms with Crippen LogP contribution in [0.4, 0.5) is 4.79 Å². The molecule has 3 N–H and O–H groups in total. The van der Waals surface area contributed by atoms with Crippen LogP contribution < -0.4 is 10.6 Å². The molecule has 3 atom stereocenters. The molecule has 33 heavy (non-hydrogen) atoms. The second-order valence-electron chi connectivity index (χ2n) is 9.29. The minimum Gasteiger partial charge on any atom is -0.508 e. The van der Waals surface area contributed by atoms with E-state index in [0.717, 1.165) is 4.90 Å². The fourth-order valence-corrected chi connectivity index (χ4v) is 3.16. The van der Waals surface area contributed by atoms with Crippen LogP contribution in [-0.4, -0.2) is 52.1 Å². The maximum absolute atomic E-state index is 13.7. The number of nitrogens with one attached hydrogen (secondary N) is 2. The van der Waals surface area contributed by atoms with Crippen molar-refractivity contribution in [2.45, 2.75) is 78.6 Å². The van der Waals surface area contributed by atoms with E-state index in [0.29, 0.717) is 12.0 Å². The van der Waals surface area contributed by atoms with Crippen molar-refractivity contribution < 1.29 is 24.2 Å². The lowest BCUT2D eigenvalue weighted by Gasteiger charge is -2.35. The lowest BCUT2D eigenvalue weighted by Crippen LogP contribution is -2.55. The first-order valence-corrected chi connectivity index (χ1v) is 11.1. The predicted octanol–water partition coefficient (Wildman–Crippen LogP) is 3.25. The SMILES string of the molecule is CCC(C)C(NC(=O)OC(C)(C)C)C(=O)N(CC#N)C(C(=O)NC(C)C)c1ccc(O)cc1. The second kappa shape index (κ2) is 12.1. The number of carbonyl (C=O) groups excluding carboxylic acids is 3. The Morgan fingerprint density at radius 3 is 2.15 bits per heavy atom. The van der Waals surface area contributed by atoms with Crippen molar-refractivity contribution in [3.05, 3.63) is 29.8 Å². The summed E-state index contributed by atoms with van der Waals surface area (Å²) < 4.78 is 5.32. The van der Waals surface area contributed by atoms with Crippen molar-refractivity contribution in [2.24, 2.45) is 5.92 Å². The first-order chi connectivity index (χ1) is 15.3. The topological polar surface area (TPSA) is 132 Å². The largest absolute Gasteiger partial charge is 0.508 e. The fraction of sp³-hybridized carbons (Fsp3) is 0.583. The number of rotatable bonds is 9. The highest BCUT2D eigenvalue weighted by molar-refractivity contribution is 5.92. The number of phenols is 1. The molecular formula is C24H36N4O5. The number of alkyl carbamates (subject to hydrolysis) is 1. The second-order valence-corrected chi connectivity index (χ2v) is 9.29. The van der Waals surface area contributed by atoms with Crippen LogP contribution in [0.1, 0.15) is 66.5 Å². The maximum Gasteiger partial charge on any atom is 0.408 e. The number of phenolic OH excluding ortho intramolecular Hbond substituents is 1. The van der Waals surface area contributed by atoms with Crippen molar-refractivity contribution in [1.82, 2.24) is 15.5 Å². The van der Waals surface area contributed by atoms with E-state index in [-0.39, 0.29) is 24.3 Å². The van der Waals surface area contributed by atoms with E-state index in [1.54, 1.807) is 41.5 Å². The van der Waals surface area contributed by atoms with Gasteiger partial charge in [0.1, 0.15) is 30.0 Å². The normalized spacial score (nSPS) is 13.9. The van der Waals surface area contributed by atoms with Crippen LogP contribution in [0, 0.1) is 17.2 Å². The van der Waals surface area contributed by atoms with Gasteiger partial charge in [-0.15, -0.1) is 0 Å². The number of ether oxygens (including phenoxy) is 1. The number of carbonyl (C=O) groups is 3. The summed E-state index contributed by atoms with van der Waals surface area (Å²) in [5.41, 5.74) is -0.333. The Hall–Kier alpha value is -3.28. The van der Waals surface area contributed by atoms with Crippen molar-refractivity contribution in [2.75, 3.05) is 6.54 Å². The third kappa shape index (κ3) is 8.64. The van der Waals surface area contributed by atoms with E-state index >= 15 is 0 Å². The van der Waals surface area contributed by atoms with Gasteiger partial charge in [0.2, 0.25) is 11.8 Å². The highest BCUT2D eigenvalue weighted by Crippen LogP contribution is 2.26. The van der Waals surface area contributed by atoms with Gasteiger partial charge in [-0.2, -0.15) is 5.26 Å². The Kier molecular flexibility index (Phi) is 10.2. The molecule has 0 aliphatic rings. The molecule has 0 heterocycles. The predicted molar refractivity (Wildman–Crippen MR) is 124 cm³/mol. The van der Waals surface area contributed by atoms with E-state index in [1.807, 2.05) is 13.0 Å². The van der Waals surface area contributed by atoms with Crippen LogP contribution in [0.2, 0.25) is 0 Å². The summed E-state index contributed by atoms with van der Waals surface area (Å²) in [4.78, 5) is 40.4. The van der Waals surface area contributed by atoms with E-state index in [4.69, 9.17) is 4.74 Å². The van der Waals surface area contributed by atoms with Gasteiger partial charge in [0.15, 0.2) is 0 Å². The zero-order valence-corrected chi connectivity index (χ0v) is 20.5. The third-order valence-electron chi connectivity index (χ3n) is 4.88. The molecule has 0 aliphatic carbocycles. The summed E-state index contributed by atoms with van der Waals surface area (Å²) >= 11 is 0. The number of benzene rings is 1. The molecule has 0 aromatic heterocycles. The summed E-state index contributed by atoms with van der Waals surface area (Å²) in [6.45, 7) is 12.0. The minimum atomic E-state index is -1.13. The molecule has 182 valence electrons. The summed E-state index contributed by atoms with van der Waals surface area (Å²) in [6, 6.07) is 5.47. The van der Waals surface area contributed by atoms with Crippen LogP contribution in [0.25, 0.3) is 0 Å². The molecule has 1 rings (SSSR count). The van der Waals surface area contributed by atoms with Gasteiger partial charge in [-0.1, -0.05) is 32.4 Å². The standard InChI is InChI=1S/C24H36N4O5/c1-8-16(4)19(27-23(32)33-24(5,6)7)22(31)28(14-13-25)20(21(30)26-15(2)3)17-9-11-18(29)12-10-17/h9-12,15-16,19-20,29H,8,14H2,1-7H3,(H,26,30)(H,27,32). The Labute approximate surface area is 196 Å². The van der Waals surface area contributed by atoms with Crippen molar-refractivity contribution in [1.29, 1.82) is 5.26 Å². The zero-order valence-electron chi connectivity index (χ0n) is 20.5. The number of hydrogen-bond donors (Lipinski definition) is 3. The molecule has 9 nitrogen and oxygen atoms in total. The van der Waals surface area contributed by atoms with Gasteiger partial charge >= 0.3 is 6.09 Å². The number of nitrogens with zero attached hydrogens (tertiary/aromatic N) is 2. The Bertz CT molecular complexity index is 855. The summed E-state index contributed by atoms with van der Waals surface area (Å²) in [7, 11) is 0. The summed E-state index contributed by atoms with van der Waals surface area (Å²) in [5.74, 6) is -1.34. The third-order valence-corrected chi connectivity index (χ3v) is 4.88. The molecule has 3 unspecified atom stereocenters. The number of amides is 3. The maximum atomic E-state index is 13.7. The zero-order chi connectivity index (χ0) is 25.3. The molecule has 0 aliphatic heterocycles. The quantitative estimate of drug-likeness (QED) is 0.485. The Balaban J connectivity index is 3.43. The van der Waals surface area contributed by atoms with Crippen molar-refractivity contribution in [3.8, 4) is 11.8 Å². The summed E-state index contributed by atoms with van der Waals surface area (Å²) in [6.07, 6.45) is -0.194. The first-order valence-electron chi connectivity index (χ1n) is 11.1. The number of hydrogen-bond acceptors (Lipinski definition) is 6. The van der Waals surface area contributed by atoms with Crippen LogP contribution >= 0.6 is 0 Å². The fourth-order valence-electron chi connectivity index (χ4n) is 3.16. The van der Waals surface area contributed by atoms with Crippen molar-refractivity contribution in [3.63, 3.8) is 0 Å². The monoisotopic (exact) mass is 460 g/mol. The van der Waals surface area contributed by atoms with E-state index in [1.165, 1.54) is 24.3 Å². The highest BCUT2D eigenvalue weighted by atomic mass is 16.6. The average Bonchev–Trinajstić information content (AvgIpc) is 2.70. The lowest BCUT2D eigenvalue weighted by molar-refractivity contribution is -0.142. The highest BCUT2D eigenvalue weighted by Gasteiger charge is 2.38. The first kappa shape index (κ1) is 27.8. The van der Waals surface area contributed by atoms with E-state index in [9.17, 15) is 24.8 Å². The van der Waals surface area contributed by atoms with Crippen LogP contribution in [0.5, 0.6) is 5.75 Å². The van der Waals surface area contributed by atoms with E-state index in [2.05, 4.69) is 10.6 Å². The van der Waals surface area contributed by atoms with Crippen molar-refractivity contribution >= 4 is 17.9 Å². The number of aromatic hydroxyl groups is 1. The van der Waals surface area contributed by atoms with Crippen LogP contribution in [0.3, 0.4) is 0 Å². The molecule has 1 aromatic rings. The van der Waals surface area contributed by atoms with Gasteiger partial charge in [0.25, 0.3) is 0 Å². The Morgan fingerprint density at radius 2 is 1.70 bits per heavy atom. The molecule has 0 fully saturated rings. The molecule has 0 bridgehead atoms. The summed E-state index contributed by atoms with van der Waals surface area (Å²) in [5, 5.41) is 24.5. The molecule has 0 saturated carbocycles. The van der Waals surface area contributed by atoms with Gasteiger partial charge < -0.3 is 25.4 Å². The molecule has 0 saturated heterocycles. The van der Waals surface area contributed by atoms with Crippen LogP contribution in [-0.2, 0) is 14.3 Å². The molecule has 1 aromatic carbocycles. The molecule has 0 spiro atoms. The smallest absolute Gasteiger partial charge is 0.408 e.